The molecule has 0 aliphatic carbocycles. The molecule has 0 amide bonds. The zero-order valence-corrected chi connectivity index (χ0v) is 12.3. The number of nitrogens with zero attached hydrogens (tertiary/aromatic N) is 3. The van der Waals surface area contributed by atoms with Crippen molar-refractivity contribution in [2.75, 3.05) is 7.05 Å². The summed E-state index contributed by atoms with van der Waals surface area (Å²) in [4.78, 5) is 12.5. The van der Waals surface area contributed by atoms with Gasteiger partial charge in [0.2, 0.25) is 0 Å². The van der Waals surface area contributed by atoms with Crippen molar-refractivity contribution in [2.45, 2.75) is 20.4 Å². The monoisotopic (exact) mass is 269 g/mol. The summed E-state index contributed by atoms with van der Waals surface area (Å²) in [6.45, 7) is 4.77. The molecule has 2 aromatic heterocycles. The minimum atomic E-state index is 0.773. The lowest BCUT2D eigenvalue weighted by Crippen LogP contribution is -2.06. The number of nitrogens with one attached hydrogen (secondary N) is 2. The molecule has 0 fully saturated rings. The fourth-order valence-electron chi connectivity index (χ4n) is 2.55. The highest BCUT2D eigenvalue weighted by Crippen LogP contribution is 2.26. The fourth-order valence-corrected chi connectivity index (χ4v) is 2.55. The molecule has 5 heteroatoms. The largest absolute Gasteiger partial charge is 0.345 e. The number of H-pyrrole nitrogens is 1. The van der Waals surface area contributed by atoms with Gasteiger partial charge in [-0.05, 0) is 33.0 Å². The van der Waals surface area contributed by atoms with Crippen LogP contribution < -0.4 is 5.32 Å². The van der Waals surface area contributed by atoms with E-state index in [2.05, 4.69) is 43.0 Å². The maximum absolute atomic E-state index is 4.61. The van der Waals surface area contributed by atoms with Crippen molar-refractivity contribution in [1.82, 2.24) is 24.8 Å². The first-order valence-electron chi connectivity index (χ1n) is 6.73. The summed E-state index contributed by atoms with van der Waals surface area (Å²) in [7, 11) is 3.97. The molecule has 0 radical (unpaired) electrons. The van der Waals surface area contributed by atoms with Crippen molar-refractivity contribution in [3.05, 3.63) is 35.5 Å². The van der Waals surface area contributed by atoms with Crippen molar-refractivity contribution in [3.63, 3.8) is 0 Å². The van der Waals surface area contributed by atoms with E-state index in [0.29, 0.717) is 0 Å². The molecular weight excluding hydrogens is 250 g/mol. The summed E-state index contributed by atoms with van der Waals surface area (Å²) in [5.74, 6) is 1.95. The van der Waals surface area contributed by atoms with Gasteiger partial charge in [0.25, 0.3) is 0 Å². The summed E-state index contributed by atoms with van der Waals surface area (Å²) in [5.41, 5.74) is 5.37. The number of rotatable bonds is 3. The lowest BCUT2D eigenvalue weighted by Gasteiger charge is -2.03. The number of benzene rings is 1. The van der Waals surface area contributed by atoms with E-state index in [1.807, 2.05) is 27.9 Å². The molecule has 2 N–H and O–H groups in total. The lowest BCUT2D eigenvalue weighted by atomic mass is 10.1. The highest BCUT2D eigenvalue weighted by atomic mass is 15.0. The minimum Gasteiger partial charge on any atom is -0.345 e. The van der Waals surface area contributed by atoms with Crippen LogP contribution in [0.5, 0.6) is 0 Å². The van der Waals surface area contributed by atoms with Crippen LogP contribution in [-0.4, -0.2) is 26.6 Å². The summed E-state index contributed by atoms with van der Waals surface area (Å²) in [6.07, 6.45) is 0. The van der Waals surface area contributed by atoms with Crippen LogP contribution in [0.1, 0.15) is 17.3 Å². The summed E-state index contributed by atoms with van der Waals surface area (Å²) >= 11 is 0. The van der Waals surface area contributed by atoms with Gasteiger partial charge in [-0.1, -0.05) is 6.07 Å². The molecule has 0 aliphatic rings. The Hall–Kier alpha value is -2.14. The number of hydrogen-bond acceptors (Lipinski definition) is 3. The molecule has 0 aliphatic heterocycles. The molecule has 0 spiro atoms. The molecule has 0 unspecified atom stereocenters. The topological polar surface area (TPSA) is 58.5 Å². The Morgan fingerprint density at radius 2 is 2.05 bits per heavy atom. The average molecular weight is 269 g/mol. The van der Waals surface area contributed by atoms with Gasteiger partial charge < -0.3 is 14.9 Å². The number of fused-ring (bicyclic) bond motifs is 1. The third-order valence-electron chi connectivity index (χ3n) is 3.63. The molecule has 0 bridgehead atoms. The van der Waals surface area contributed by atoms with E-state index >= 15 is 0 Å². The maximum Gasteiger partial charge on any atom is 0.106 e. The molecule has 1 aromatic carbocycles. The molecule has 0 atom stereocenters. The minimum absolute atomic E-state index is 0.773. The predicted molar refractivity (Wildman–Crippen MR) is 80.5 cm³/mol. The molecular formula is C15H19N5. The normalized spacial score (nSPS) is 11.4. The van der Waals surface area contributed by atoms with Gasteiger partial charge >= 0.3 is 0 Å². The van der Waals surface area contributed by atoms with Crippen LogP contribution in [0, 0.1) is 13.8 Å². The van der Waals surface area contributed by atoms with E-state index in [4.69, 9.17) is 0 Å². The molecule has 2 heterocycles. The summed E-state index contributed by atoms with van der Waals surface area (Å²) in [6, 6.07) is 6.33. The number of aryl methyl sites for hydroxylation is 3. The van der Waals surface area contributed by atoms with Gasteiger partial charge in [-0.3, -0.25) is 0 Å². The van der Waals surface area contributed by atoms with Crippen molar-refractivity contribution in [2.24, 2.45) is 7.05 Å². The Balaban J connectivity index is 2.14. The second kappa shape index (κ2) is 4.76. The molecule has 3 aromatic rings. The summed E-state index contributed by atoms with van der Waals surface area (Å²) in [5, 5.41) is 3.17. The SMILES string of the molecule is CNCc1[nH]c(C)nc1-c1ccc2c(c1)nc(C)n2C. The van der Waals surface area contributed by atoms with Crippen LogP contribution >= 0.6 is 0 Å². The Morgan fingerprint density at radius 3 is 2.80 bits per heavy atom. The van der Waals surface area contributed by atoms with Crippen LogP contribution in [0.3, 0.4) is 0 Å². The Bertz CT molecular complexity index is 766. The van der Waals surface area contributed by atoms with E-state index in [1.54, 1.807) is 0 Å². The molecule has 5 nitrogen and oxygen atoms in total. The second-order valence-corrected chi connectivity index (χ2v) is 5.10. The van der Waals surface area contributed by atoms with Crippen LogP contribution in [0.4, 0.5) is 0 Å². The fraction of sp³-hybridized carbons (Fsp3) is 0.333. The molecule has 0 saturated carbocycles. The van der Waals surface area contributed by atoms with Gasteiger partial charge in [0.15, 0.2) is 0 Å². The first-order valence-corrected chi connectivity index (χ1v) is 6.73. The van der Waals surface area contributed by atoms with E-state index in [-0.39, 0.29) is 0 Å². The van der Waals surface area contributed by atoms with Gasteiger partial charge in [0, 0.05) is 19.2 Å². The van der Waals surface area contributed by atoms with E-state index < -0.39 is 0 Å². The van der Waals surface area contributed by atoms with Gasteiger partial charge in [0.05, 0.1) is 22.4 Å². The molecule has 0 saturated heterocycles. The first kappa shape index (κ1) is 12.9. The molecule has 3 rings (SSSR count). The third-order valence-corrected chi connectivity index (χ3v) is 3.63. The maximum atomic E-state index is 4.61. The zero-order chi connectivity index (χ0) is 14.3. The van der Waals surface area contributed by atoms with Crippen LogP contribution in [0.25, 0.3) is 22.3 Å². The van der Waals surface area contributed by atoms with Crippen LogP contribution in [-0.2, 0) is 13.6 Å². The number of aromatic amines is 1. The Morgan fingerprint density at radius 1 is 1.25 bits per heavy atom. The Labute approximate surface area is 118 Å². The number of imidazole rings is 2. The standard InChI is InChI=1S/C15H19N5/c1-9-17-13(8-16-3)15(18-9)11-5-6-14-12(7-11)19-10(2)20(14)4/h5-7,16H,8H2,1-4H3,(H,17,18). The second-order valence-electron chi connectivity index (χ2n) is 5.10. The Kier molecular flexibility index (Phi) is 3.06. The first-order chi connectivity index (χ1) is 9.60. The van der Waals surface area contributed by atoms with Gasteiger partial charge in [0.1, 0.15) is 11.6 Å². The van der Waals surface area contributed by atoms with Crippen LogP contribution in [0.15, 0.2) is 18.2 Å². The highest BCUT2D eigenvalue weighted by molar-refractivity contribution is 5.82. The van der Waals surface area contributed by atoms with E-state index in [9.17, 15) is 0 Å². The third kappa shape index (κ3) is 2.00. The van der Waals surface area contributed by atoms with Crippen molar-refractivity contribution >= 4 is 11.0 Å². The average Bonchev–Trinajstić information content (AvgIpc) is 2.91. The highest BCUT2D eigenvalue weighted by Gasteiger charge is 2.12. The number of hydrogen-bond donors (Lipinski definition) is 2. The predicted octanol–water partition coefficient (Wildman–Crippen LogP) is 2.30. The molecule has 20 heavy (non-hydrogen) atoms. The molecule has 104 valence electrons. The van der Waals surface area contributed by atoms with Crippen molar-refractivity contribution < 1.29 is 0 Å². The van der Waals surface area contributed by atoms with Crippen molar-refractivity contribution in [1.29, 1.82) is 0 Å². The van der Waals surface area contributed by atoms with Gasteiger partial charge in [-0.15, -0.1) is 0 Å². The number of aromatic nitrogens is 4. The van der Waals surface area contributed by atoms with Crippen molar-refractivity contribution in [3.8, 4) is 11.3 Å². The van der Waals surface area contributed by atoms with Crippen LogP contribution in [0.2, 0.25) is 0 Å². The zero-order valence-electron chi connectivity index (χ0n) is 12.3. The van der Waals surface area contributed by atoms with E-state index in [0.717, 1.165) is 46.2 Å². The summed E-state index contributed by atoms with van der Waals surface area (Å²) < 4.78 is 2.10. The van der Waals surface area contributed by atoms with E-state index in [1.165, 1.54) is 0 Å². The van der Waals surface area contributed by atoms with Gasteiger partial charge in [-0.25, -0.2) is 9.97 Å². The quantitative estimate of drug-likeness (QED) is 0.767. The lowest BCUT2D eigenvalue weighted by molar-refractivity contribution is 0.796. The smallest absolute Gasteiger partial charge is 0.106 e. The van der Waals surface area contributed by atoms with Gasteiger partial charge in [-0.2, -0.15) is 0 Å².